The highest BCUT2D eigenvalue weighted by atomic mass is 16.5. The summed E-state index contributed by atoms with van der Waals surface area (Å²) in [7, 11) is 0. The molecule has 0 rings (SSSR count). The van der Waals surface area contributed by atoms with Crippen LogP contribution in [0.4, 0.5) is 0 Å². The number of esters is 1. The van der Waals surface area contributed by atoms with E-state index >= 15 is 0 Å². The zero-order chi connectivity index (χ0) is 28.8. The molecule has 0 saturated heterocycles. The minimum Gasteiger partial charge on any atom is -0.480 e. The molecule has 0 spiro atoms. The molecule has 0 aliphatic carbocycles. The highest BCUT2D eigenvalue weighted by Crippen LogP contribution is 2.18. The molecule has 2 N–H and O–H groups in total. The molecule has 0 bridgehead atoms. The van der Waals surface area contributed by atoms with E-state index in [4.69, 9.17) is 9.84 Å². The van der Waals surface area contributed by atoms with Crippen molar-refractivity contribution < 1.29 is 24.2 Å². The van der Waals surface area contributed by atoms with E-state index in [1.165, 1.54) is 96.3 Å². The summed E-state index contributed by atoms with van der Waals surface area (Å²) in [4.78, 5) is 34.6. The van der Waals surface area contributed by atoms with Gasteiger partial charge in [0.05, 0.1) is 0 Å². The first-order chi connectivity index (χ1) is 19.0. The Morgan fingerprint density at radius 3 is 1.38 bits per heavy atom. The van der Waals surface area contributed by atoms with Gasteiger partial charge in [-0.05, 0) is 38.5 Å². The number of hydrogen-bond acceptors (Lipinski definition) is 4. The minimum atomic E-state index is -1.02. The van der Waals surface area contributed by atoms with E-state index in [9.17, 15) is 14.4 Å². The molecule has 1 amide bonds. The quantitative estimate of drug-likeness (QED) is 0.0683. The summed E-state index contributed by atoms with van der Waals surface area (Å²) in [5.41, 5.74) is 0. The Bertz CT molecular complexity index is 580. The van der Waals surface area contributed by atoms with Gasteiger partial charge in [-0.15, -0.1) is 0 Å². The molecule has 0 aliphatic rings. The smallest absolute Gasteiger partial charge is 0.322 e. The van der Waals surface area contributed by atoms with Gasteiger partial charge in [0, 0.05) is 12.8 Å². The number of carboxylic acid groups (broad SMARTS) is 1. The number of carbonyl (C=O) groups excluding carboxylic acids is 2. The number of aliphatic carboxylic acids is 1. The molecule has 0 fully saturated rings. The van der Waals surface area contributed by atoms with Gasteiger partial charge in [0.2, 0.25) is 5.91 Å². The molecule has 0 radical (unpaired) electrons. The van der Waals surface area contributed by atoms with Crippen molar-refractivity contribution >= 4 is 17.8 Å². The Hall–Kier alpha value is -1.59. The standard InChI is InChI=1S/C33H63NO5/c1-3-5-7-9-10-11-12-13-14-15-16-18-24-28-33(38)39-30(25-21-17-8-6-4-2)26-22-19-20-23-27-31(35)34-29-32(36)37/h30H,3-29H2,1-2H3,(H,34,35)(H,36,37). The number of unbranched alkanes of at least 4 members (excludes halogenated alkanes) is 19. The van der Waals surface area contributed by atoms with Crippen LogP contribution in [0.1, 0.15) is 181 Å². The molecule has 1 unspecified atom stereocenters. The van der Waals surface area contributed by atoms with Crippen molar-refractivity contribution in [1.82, 2.24) is 5.32 Å². The molecule has 0 heterocycles. The SMILES string of the molecule is CCCCCCCCCCCCCCCC(=O)OC(CCCCCCC)CCCCCCC(=O)NCC(=O)O. The number of hydrogen-bond donors (Lipinski definition) is 2. The zero-order valence-corrected chi connectivity index (χ0v) is 25.7. The van der Waals surface area contributed by atoms with Crippen LogP contribution in [0.25, 0.3) is 0 Å². The van der Waals surface area contributed by atoms with Gasteiger partial charge in [-0.1, -0.05) is 129 Å². The highest BCUT2D eigenvalue weighted by molar-refractivity contribution is 5.80. The first-order valence-corrected chi connectivity index (χ1v) is 16.7. The van der Waals surface area contributed by atoms with E-state index in [1.54, 1.807) is 0 Å². The number of amides is 1. The van der Waals surface area contributed by atoms with E-state index in [-0.39, 0.29) is 24.5 Å². The molecule has 0 aromatic rings. The Kier molecular flexibility index (Phi) is 28.2. The van der Waals surface area contributed by atoms with Gasteiger partial charge in [-0.2, -0.15) is 0 Å². The number of nitrogens with one attached hydrogen (secondary N) is 1. The predicted octanol–water partition coefficient (Wildman–Crippen LogP) is 9.28. The lowest BCUT2D eigenvalue weighted by atomic mass is 10.0. The molecule has 6 heteroatoms. The lowest BCUT2D eigenvalue weighted by Crippen LogP contribution is -2.28. The molecule has 1 atom stereocenters. The second-order valence-corrected chi connectivity index (χ2v) is 11.4. The normalized spacial score (nSPS) is 11.8. The van der Waals surface area contributed by atoms with Crippen molar-refractivity contribution in [2.75, 3.05) is 6.54 Å². The van der Waals surface area contributed by atoms with Gasteiger partial charge < -0.3 is 15.2 Å². The molecule has 0 aromatic heterocycles. The van der Waals surface area contributed by atoms with Crippen molar-refractivity contribution in [3.63, 3.8) is 0 Å². The largest absolute Gasteiger partial charge is 0.480 e. The fraction of sp³-hybridized carbons (Fsp3) is 0.909. The van der Waals surface area contributed by atoms with Crippen molar-refractivity contribution in [2.24, 2.45) is 0 Å². The number of carboxylic acids is 1. The van der Waals surface area contributed by atoms with Crippen molar-refractivity contribution in [2.45, 2.75) is 187 Å². The van der Waals surface area contributed by atoms with Crippen LogP contribution in [0.15, 0.2) is 0 Å². The first-order valence-electron chi connectivity index (χ1n) is 16.7. The predicted molar refractivity (Wildman–Crippen MR) is 162 cm³/mol. The van der Waals surface area contributed by atoms with E-state index in [0.717, 1.165) is 57.8 Å². The van der Waals surface area contributed by atoms with Crippen molar-refractivity contribution in [1.29, 1.82) is 0 Å². The van der Waals surface area contributed by atoms with Crippen LogP contribution in [-0.2, 0) is 19.1 Å². The summed E-state index contributed by atoms with van der Waals surface area (Å²) in [6, 6.07) is 0. The van der Waals surface area contributed by atoms with Crippen LogP contribution in [0, 0.1) is 0 Å². The monoisotopic (exact) mass is 553 g/mol. The third-order valence-corrected chi connectivity index (χ3v) is 7.53. The van der Waals surface area contributed by atoms with Gasteiger partial charge in [0.1, 0.15) is 12.6 Å². The third-order valence-electron chi connectivity index (χ3n) is 7.53. The Labute approximate surface area is 240 Å². The lowest BCUT2D eigenvalue weighted by Gasteiger charge is -2.18. The molecule has 230 valence electrons. The summed E-state index contributed by atoms with van der Waals surface area (Å²) in [6.45, 7) is 4.17. The number of rotatable bonds is 30. The van der Waals surface area contributed by atoms with Crippen LogP contribution in [0.3, 0.4) is 0 Å². The van der Waals surface area contributed by atoms with Gasteiger partial charge >= 0.3 is 11.9 Å². The van der Waals surface area contributed by atoms with E-state index in [1.807, 2.05) is 0 Å². The van der Waals surface area contributed by atoms with Gasteiger partial charge in [0.15, 0.2) is 0 Å². The Morgan fingerprint density at radius 2 is 0.949 bits per heavy atom. The highest BCUT2D eigenvalue weighted by Gasteiger charge is 2.14. The van der Waals surface area contributed by atoms with Gasteiger partial charge in [-0.25, -0.2) is 0 Å². The fourth-order valence-electron chi connectivity index (χ4n) is 5.04. The summed E-state index contributed by atoms with van der Waals surface area (Å²) < 4.78 is 5.90. The van der Waals surface area contributed by atoms with E-state index in [2.05, 4.69) is 19.2 Å². The number of ether oxygens (including phenoxy) is 1. The molecule has 0 saturated carbocycles. The minimum absolute atomic E-state index is 0.0139. The van der Waals surface area contributed by atoms with E-state index in [0.29, 0.717) is 12.8 Å². The topological polar surface area (TPSA) is 92.7 Å². The fourth-order valence-corrected chi connectivity index (χ4v) is 5.04. The summed E-state index contributed by atoms with van der Waals surface area (Å²) in [5, 5.41) is 11.0. The number of carbonyl (C=O) groups is 3. The summed E-state index contributed by atoms with van der Waals surface area (Å²) in [5.74, 6) is -1.26. The van der Waals surface area contributed by atoms with Crippen LogP contribution >= 0.6 is 0 Å². The Morgan fingerprint density at radius 1 is 0.564 bits per heavy atom. The average Bonchev–Trinajstić information content (AvgIpc) is 2.91. The third kappa shape index (κ3) is 29.2. The summed E-state index contributed by atoms with van der Waals surface area (Å²) in [6.07, 6.45) is 29.4. The van der Waals surface area contributed by atoms with Crippen LogP contribution in [0.5, 0.6) is 0 Å². The maximum atomic E-state index is 12.5. The first kappa shape index (κ1) is 37.4. The second kappa shape index (κ2) is 29.4. The molecule has 0 aliphatic heterocycles. The second-order valence-electron chi connectivity index (χ2n) is 11.4. The van der Waals surface area contributed by atoms with Gasteiger partial charge in [-0.3, -0.25) is 14.4 Å². The molecular formula is C33H63NO5. The molecule has 0 aromatic carbocycles. The van der Waals surface area contributed by atoms with Crippen molar-refractivity contribution in [3.05, 3.63) is 0 Å². The van der Waals surface area contributed by atoms with Crippen molar-refractivity contribution in [3.8, 4) is 0 Å². The maximum Gasteiger partial charge on any atom is 0.322 e. The van der Waals surface area contributed by atoms with Gasteiger partial charge in [0.25, 0.3) is 0 Å². The van der Waals surface area contributed by atoms with Crippen LogP contribution < -0.4 is 5.32 Å². The lowest BCUT2D eigenvalue weighted by molar-refractivity contribution is -0.150. The molecule has 6 nitrogen and oxygen atoms in total. The van der Waals surface area contributed by atoms with Crippen LogP contribution in [-0.4, -0.2) is 35.6 Å². The average molecular weight is 554 g/mol. The summed E-state index contributed by atoms with van der Waals surface area (Å²) >= 11 is 0. The maximum absolute atomic E-state index is 12.5. The zero-order valence-electron chi connectivity index (χ0n) is 25.7. The van der Waals surface area contributed by atoms with E-state index < -0.39 is 5.97 Å². The molecular weight excluding hydrogens is 490 g/mol. The molecule has 39 heavy (non-hydrogen) atoms. The Balaban J connectivity index is 3.96. The van der Waals surface area contributed by atoms with Crippen LogP contribution in [0.2, 0.25) is 0 Å².